The van der Waals surface area contributed by atoms with Gasteiger partial charge in [0, 0.05) is 73.2 Å². The highest BCUT2D eigenvalue weighted by molar-refractivity contribution is 8.15. The molecule has 6 atom stereocenters. The average Bonchev–Trinajstić information content (AvgIpc) is 4.34. The molecule has 414 valence electrons. The fourth-order valence-electron chi connectivity index (χ4n) is 10.6. The molecule has 9 rings (SSSR count). The number of nitrogens with two attached hydrogens (primary N) is 3. The number of hydrogen-bond acceptors (Lipinski definition) is 13. The fourth-order valence-corrected chi connectivity index (χ4v) is 12.7. The molecule has 78 heavy (non-hydrogen) atoms. The monoisotopic (exact) mass is 1100 g/mol. The molecule has 0 spiro atoms. The van der Waals surface area contributed by atoms with Crippen molar-refractivity contribution in [3.63, 3.8) is 0 Å². The summed E-state index contributed by atoms with van der Waals surface area (Å²) in [5, 5.41) is 15.3. The maximum atomic E-state index is 15.0. The summed E-state index contributed by atoms with van der Waals surface area (Å²) in [6, 6.07) is 12.3. The van der Waals surface area contributed by atoms with Crippen LogP contribution in [0.5, 0.6) is 0 Å². The van der Waals surface area contributed by atoms with Crippen molar-refractivity contribution in [2.75, 3.05) is 30.7 Å². The van der Waals surface area contributed by atoms with Crippen LogP contribution in [0.15, 0.2) is 76.8 Å². The highest BCUT2D eigenvalue weighted by atomic mass is 32.2. The van der Waals surface area contributed by atoms with Crippen LogP contribution < -0.4 is 43.8 Å². The fraction of sp³-hybridized carbons (Fsp3) is 0.473. The van der Waals surface area contributed by atoms with E-state index in [-0.39, 0.29) is 87.4 Å². The number of fused-ring (bicyclic) bond motifs is 22. The number of nitrogens with zero attached hydrogens (tertiary/aromatic N) is 3. The maximum Gasteiger partial charge on any atom is 0.248 e. The van der Waals surface area contributed by atoms with Crippen molar-refractivity contribution in [2.45, 2.75) is 127 Å². The Labute approximate surface area is 459 Å². The molecule has 5 aliphatic rings. The first-order valence-electron chi connectivity index (χ1n) is 26.7. The number of primary amides is 1. The number of rotatable bonds is 9. The first-order chi connectivity index (χ1) is 37.6. The van der Waals surface area contributed by atoms with E-state index >= 15 is 4.79 Å². The first-order valence-corrected chi connectivity index (χ1v) is 28.5. The lowest BCUT2D eigenvalue weighted by atomic mass is 9.82. The van der Waals surface area contributed by atoms with Crippen LogP contribution in [-0.2, 0) is 51.2 Å². The summed E-state index contributed by atoms with van der Waals surface area (Å²) in [7, 11) is 0. The van der Waals surface area contributed by atoms with Gasteiger partial charge >= 0.3 is 0 Å². The summed E-state index contributed by atoms with van der Waals surface area (Å²) in [6.07, 6.45) is 7.56. The third-order valence-electron chi connectivity index (χ3n) is 14.8. The number of Topliss-reactive ketones (excluding diaryl/α,β-unsaturated/α-hetero) is 2. The number of thiophene rings is 1. The zero-order valence-electron chi connectivity index (χ0n) is 43.4. The quantitative estimate of drug-likeness (QED) is 0.0664. The number of benzene rings is 2. The second-order valence-electron chi connectivity index (χ2n) is 20.5. The van der Waals surface area contributed by atoms with Gasteiger partial charge in [-0.15, -0.1) is 23.1 Å². The lowest BCUT2D eigenvalue weighted by Gasteiger charge is -2.30. The molecule has 0 unspecified atom stereocenters. The number of aromatic nitrogens is 1. The summed E-state index contributed by atoms with van der Waals surface area (Å²) < 4.78 is 0. The zero-order valence-corrected chi connectivity index (χ0v) is 45.0. The Morgan fingerprint density at radius 1 is 0.769 bits per heavy atom. The van der Waals surface area contributed by atoms with Crippen molar-refractivity contribution in [3.05, 3.63) is 87.7 Å². The minimum atomic E-state index is -1.25. The van der Waals surface area contributed by atoms with Gasteiger partial charge in [0.1, 0.15) is 29.2 Å². The van der Waals surface area contributed by atoms with Crippen molar-refractivity contribution < 1.29 is 43.2 Å². The number of amides is 7. The van der Waals surface area contributed by atoms with E-state index in [1.54, 1.807) is 47.5 Å². The van der Waals surface area contributed by atoms with Gasteiger partial charge in [0.25, 0.3) is 0 Å². The number of carbonyl (C=O) groups excluding carboxylic acids is 9. The largest absolute Gasteiger partial charge is 0.370 e. The summed E-state index contributed by atoms with van der Waals surface area (Å²) in [4.78, 5) is 139. The standard InChI is InChI=1S/C55H68N12O9S2/c56-49(72)40-25-32-14-16-35(17-15-32)62-48(71)29-61-47(70)21-18-43(68)45-19-20-46(78-45)53-66-41(30-77-53)54(76)67-23-7-13-42(67)52(75)64-39(24-31-8-2-1-3-9-31)44(69)27-33(26-34-28-60-37-11-5-4-10-36(34)37)50(73)63-38(51(74)65-40)12-6-22-59-55(57)58/h4-5,10-11,14-17,19-20,28,31,33,38-42,60H,1-3,6-9,12-13,18,21-27,29-30H2,(H2,56,72)(H,61,70)(H,62,71)(H,63,73)(H,64,75)(H,65,74)(H4,57,58,59)/t33-,38+,39-,40+,41+,42+/m1/s1. The van der Waals surface area contributed by atoms with Crippen LogP contribution in [0.4, 0.5) is 5.69 Å². The first kappa shape index (κ1) is 56.8. The lowest BCUT2D eigenvalue weighted by Crippen LogP contribution is -2.55. The number of anilines is 1. The van der Waals surface area contributed by atoms with E-state index in [0.29, 0.717) is 57.6 Å². The van der Waals surface area contributed by atoms with Crippen LogP contribution in [0.2, 0.25) is 0 Å². The number of thioether (sulfide) groups is 1. The third kappa shape index (κ3) is 15.2. The molecule has 1 saturated carbocycles. The van der Waals surface area contributed by atoms with Gasteiger partial charge in [-0.25, -0.2) is 0 Å². The number of guanidine groups is 1. The van der Waals surface area contributed by atoms with Gasteiger partial charge in [-0.2, -0.15) is 0 Å². The van der Waals surface area contributed by atoms with Gasteiger partial charge in [0.2, 0.25) is 41.4 Å². The number of H-pyrrole nitrogens is 1. The van der Waals surface area contributed by atoms with Gasteiger partial charge in [-0.1, -0.05) is 62.4 Å². The SMILES string of the molecule is NC(=O)[C@@H]1Cc2ccc(cc2)NC(=O)CNC(=O)CCC(=O)c2ccc(s2)C2=N[C@@H](CS2)C(=O)N2CCC[C@H]2C(=O)N[C@H](CC2CCCCC2)C(=O)C[C@@H](Cc2c[nH]c3ccccc23)C(=O)N[C@@H](CCCN=C(N)N)C(=O)N1. The number of carbonyl (C=O) groups is 9. The molecule has 2 fully saturated rings. The Morgan fingerprint density at radius 3 is 2.29 bits per heavy atom. The van der Waals surface area contributed by atoms with Crippen molar-refractivity contribution in [3.8, 4) is 0 Å². The Hall–Kier alpha value is -7.40. The molecule has 12 N–H and O–H groups in total. The molecule has 4 aliphatic heterocycles. The molecule has 0 radical (unpaired) electrons. The molecule has 1 saturated heterocycles. The number of hydrogen-bond donors (Lipinski definition) is 9. The summed E-state index contributed by atoms with van der Waals surface area (Å²) in [5.74, 6) is -5.39. The minimum absolute atomic E-state index is 0.0265. The molecule has 1 aliphatic carbocycles. The average molecular weight is 1110 g/mol. The van der Waals surface area contributed by atoms with E-state index in [1.807, 2.05) is 24.3 Å². The second kappa shape index (κ2) is 26.8. The zero-order chi connectivity index (χ0) is 55.3. The molecule has 2 aromatic carbocycles. The Balaban J connectivity index is 1.09. The molecular weight excluding hydrogens is 1040 g/mol. The highest BCUT2D eigenvalue weighted by Gasteiger charge is 2.41. The van der Waals surface area contributed by atoms with Gasteiger partial charge in [-0.3, -0.25) is 53.1 Å². The molecule has 2 aromatic heterocycles. The molecule has 21 nitrogen and oxygen atoms in total. The van der Waals surface area contributed by atoms with Crippen LogP contribution in [0.3, 0.4) is 0 Å². The van der Waals surface area contributed by atoms with Gasteiger partial charge in [0.05, 0.1) is 22.3 Å². The van der Waals surface area contributed by atoms with Gasteiger partial charge in [-0.05, 0) is 85.9 Å². The van der Waals surface area contributed by atoms with Crippen molar-refractivity contribution in [2.24, 2.45) is 39.0 Å². The van der Waals surface area contributed by atoms with E-state index in [9.17, 15) is 38.4 Å². The molecule has 7 amide bonds. The summed E-state index contributed by atoms with van der Waals surface area (Å²) in [6.45, 7) is 0.0735. The van der Waals surface area contributed by atoms with E-state index < -0.39 is 71.6 Å². The number of para-hydroxylation sites is 1. The van der Waals surface area contributed by atoms with Crippen LogP contribution in [0, 0.1) is 11.8 Å². The number of aromatic amines is 1. The van der Waals surface area contributed by atoms with E-state index in [1.165, 1.54) is 23.1 Å². The van der Waals surface area contributed by atoms with E-state index in [0.717, 1.165) is 48.6 Å². The van der Waals surface area contributed by atoms with E-state index in [4.69, 9.17) is 22.2 Å². The Bertz CT molecular complexity index is 2950. The van der Waals surface area contributed by atoms with Crippen LogP contribution >= 0.6 is 23.1 Å². The van der Waals surface area contributed by atoms with Crippen molar-refractivity contribution >= 4 is 104 Å². The van der Waals surface area contributed by atoms with E-state index in [2.05, 4.69) is 36.6 Å². The maximum absolute atomic E-state index is 15.0. The number of nitrogens with one attached hydrogen (secondary N) is 6. The van der Waals surface area contributed by atoms with Gasteiger partial charge in [0.15, 0.2) is 17.5 Å². The summed E-state index contributed by atoms with van der Waals surface area (Å²) in [5.41, 5.74) is 19.6. The minimum Gasteiger partial charge on any atom is -0.370 e. The van der Waals surface area contributed by atoms with Crippen LogP contribution in [-0.4, -0.2) is 129 Å². The number of aliphatic imine (C=N–C) groups is 2. The topological polar surface area (TPSA) is 336 Å². The molecule has 23 heteroatoms. The highest BCUT2D eigenvalue weighted by Crippen LogP contribution is 2.33. The third-order valence-corrected chi connectivity index (χ3v) is 17.1. The van der Waals surface area contributed by atoms with Crippen LogP contribution in [0.25, 0.3) is 10.9 Å². The van der Waals surface area contributed by atoms with Crippen LogP contribution in [0.1, 0.15) is 109 Å². The molecular formula is C55H68N12O9S2. The lowest BCUT2D eigenvalue weighted by molar-refractivity contribution is -0.140. The molecule has 4 aromatic rings. The second-order valence-corrected chi connectivity index (χ2v) is 22.6. The van der Waals surface area contributed by atoms with Crippen molar-refractivity contribution in [1.29, 1.82) is 0 Å². The number of ketones is 2. The molecule has 6 heterocycles. The molecule has 6 bridgehead atoms. The normalized spacial score (nSPS) is 24.1. The Kier molecular flexibility index (Phi) is 19.5. The smallest absolute Gasteiger partial charge is 0.248 e. The predicted molar refractivity (Wildman–Crippen MR) is 298 cm³/mol. The predicted octanol–water partition coefficient (Wildman–Crippen LogP) is 3.14. The Morgan fingerprint density at radius 2 is 1.53 bits per heavy atom. The van der Waals surface area contributed by atoms with Gasteiger partial charge < -0.3 is 53.7 Å². The summed E-state index contributed by atoms with van der Waals surface area (Å²) >= 11 is 2.59. The van der Waals surface area contributed by atoms with Crippen molar-refractivity contribution in [1.82, 2.24) is 31.2 Å².